The molecule has 2 N–H and O–H groups in total. The van der Waals surface area contributed by atoms with Crippen LogP contribution in [0.25, 0.3) is 0 Å². The fourth-order valence-corrected chi connectivity index (χ4v) is 2.36. The molecule has 5 nitrogen and oxygen atoms in total. The van der Waals surface area contributed by atoms with Crippen LogP contribution >= 0.6 is 0 Å². The van der Waals surface area contributed by atoms with Gasteiger partial charge in [0.1, 0.15) is 17.2 Å². The first-order valence-electron chi connectivity index (χ1n) is 8.06. The van der Waals surface area contributed by atoms with Crippen molar-refractivity contribution in [1.82, 2.24) is 5.43 Å². The van der Waals surface area contributed by atoms with E-state index in [-0.39, 0.29) is 23.1 Å². The van der Waals surface area contributed by atoms with E-state index in [1.54, 1.807) is 31.4 Å². The Morgan fingerprint density at radius 2 is 1.92 bits per heavy atom. The maximum Gasteiger partial charge on any atom is 0.275 e. The predicted octanol–water partition coefficient (Wildman–Crippen LogP) is 4.39. The number of hydrogen-bond acceptors (Lipinski definition) is 4. The van der Waals surface area contributed by atoms with Gasteiger partial charge in [-0.2, -0.15) is 5.10 Å². The second-order valence-electron chi connectivity index (χ2n) is 6.43. The number of phenolic OH excluding ortho intramolecular Hbond substituents is 1. The van der Waals surface area contributed by atoms with E-state index in [0.29, 0.717) is 11.5 Å². The van der Waals surface area contributed by atoms with E-state index < -0.39 is 5.91 Å². The Labute approximate surface area is 142 Å². The number of nitrogens with zero attached hydrogens (tertiary/aromatic N) is 1. The Bertz CT molecular complexity index is 744. The predicted molar refractivity (Wildman–Crippen MR) is 94.7 cm³/mol. The number of furan rings is 1. The van der Waals surface area contributed by atoms with Crippen LogP contribution in [0.4, 0.5) is 0 Å². The summed E-state index contributed by atoms with van der Waals surface area (Å²) in [7, 11) is 0. The van der Waals surface area contributed by atoms with Crippen molar-refractivity contribution in [2.45, 2.75) is 46.5 Å². The third kappa shape index (κ3) is 3.85. The summed E-state index contributed by atoms with van der Waals surface area (Å²) in [4.78, 5) is 12.5. The van der Waals surface area contributed by atoms with Gasteiger partial charge in [0, 0.05) is 0 Å². The van der Waals surface area contributed by atoms with E-state index >= 15 is 0 Å². The van der Waals surface area contributed by atoms with Crippen LogP contribution in [0.5, 0.6) is 5.75 Å². The minimum atomic E-state index is -0.442. The highest BCUT2D eigenvalue weighted by atomic mass is 16.3. The summed E-state index contributed by atoms with van der Waals surface area (Å²) in [5, 5.41) is 14.5. The molecule has 0 bridgehead atoms. The molecule has 0 saturated carbocycles. The van der Waals surface area contributed by atoms with Crippen molar-refractivity contribution in [2.75, 3.05) is 0 Å². The Hall–Kier alpha value is -2.56. The number of rotatable bonds is 5. The maximum absolute atomic E-state index is 12.5. The Morgan fingerprint density at radius 1 is 1.21 bits per heavy atom. The second kappa shape index (κ2) is 7.34. The molecule has 1 aromatic carbocycles. The normalized spacial score (nSPS) is 12.0. The molecule has 0 spiro atoms. The summed E-state index contributed by atoms with van der Waals surface area (Å²) < 4.78 is 5.23. The van der Waals surface area contributed by atoms with E-state index in [9.17, 15) is 9.90 Å². The van der Waals surface area contributed by atoms with Crippen LogP contribution in [0, 0.1) is 0 Å². The molecule has 0 aliphatic heterocycles. The zero-order chi connectivity index (χ0) is 17.9. The van der Waals surface area contributed by atoms with Crippen molar-refractivity contribution in [3.8, 4) is 5.75 Å². The van der Waals surface area contributed by atoms with Gasteiger partial charge >= 0.3 is 0 Å². The zero-order valence-electron chi connectivity index (χ0n) is 14.8. The summed E-state index contributed by atoms with van der Waals surface area (Å²) in [6, 6.07) is 7.19. The lowest BCUT2D eigenvalue weighted by Crippen LogP contribution is -2.20. The third-order valence-electron chi connectivity index (χ3n) is 3.90. The van der Waals surface area contributed by atoms with Gasteiger partial charge in [-0.1, -0.05) is 33.8 Å². The molecule has 5 heteroatoms. The van der Waals surface area contributed by atoms with Gasteiger partial charge in [-0.25, -0.2) is 5.43 Å². The lowest BCUT2D eigenvalue weighted by molar-refractivity contribution is 0.0952. The van der Waals surface area contributed by atoms with Gasteiger partial charge in [0.2, 0.25) is 0 Å². The average molecular weight is 328 g/mol. The second-order valence-corrected chi connectivity index (χ2v) is 6.43. The van der Waals surface area contributed by atoms with Crippen molar-refractivity contribution >= 4 is 11.6 Å². The lowest BCUT2D eigenvalue weighted by Gasteiger charge is -2.16. The fourth-order valence-electron chi connectivity index (χ4n) is 2.36. The van der Waals surface area contributed by atoms with Crippen LogP contribution in [0.1, 0.15) is 73.7 Å². The van der Waals surface area contributed by atoms with Crippen LogP contribution in [0.2, 0.25) is 0 Å². The van der Waals surface area contributed by atoms with Crippen molar-refractivity contribution < 1.29 is 14.3 Å². The highest BCUT2D eigenvalue weighted by Gasteiger charge is 2.19. The summed E-state index contributed by atoms with van der Waals surface area (Å²) in [5.74, 6) is 0.519. The molecule has 0 saturated heterocycles. The fraction of sp³-hybridized carbons (Fsp3) is 0.368. The number of hydrogen-bond donors (Lipinski definition) is 2. The smallest absolute Gasteiger partial charge is 0.275 e. The summed E-state index contributed by atoms with van der Waals surface area (Å²) >= 11 is 0. The van der Waals surface area contributed by atoms with E-state index in [4.69, 9.17) is 4.42 Å². The molecular weight excluding hydrogens is 304 g/mol. The minimum absolute atomic E-state index is 0.0118. The van der Waals surface area contributed by atoms with E-state index in [2.05, 4.69) is 24.4 Å². The number of benzene rings is 1. The SMILES string of the molecule is CC(=NNC(=O)c1cc(C(C)C)cc(C(C)C)c1O)c1ccco1. The van der Waals surface area contributed by atoms with Crippen molar-refractivity contribution in [1.29, 1.82) is 0 Å². The number of carbonyl (C=O) groups excluding carboxylic acids is 1. The van der Waals surface area contributed by atoms with Gasteiger partial charge in [-0.3, -0.25) is 4.79 Å². The van der Waals surface area contributed by atoms with Crippen LogP contribution in [-0.4, -0.2) is 16.7 Å². The monoisotopic (exact) mass is 328 g/mol. The van der Waals surface area contributed by atoms with E-state index in [0.717, 1.165) is 11.1 Å². The highest BCUT2D eigenvalue weighted by molar-refractivity contribution is 6.00. The molecular formula is C19H24N2O3. The Balaban J connectivity index is 2.33. The topological polar surface area (TPSA) is 74.8 Å². The summed E-state index contributed by atoms with van der Waals surface area (Å²) in [5.41, 5.74) is 5.05. The van der Waals surface area contributed by atoms with Gasteiger partial charge in [-0.15, -0.1) is 0 Å². The van der Waals surface area contributed by atoms with Crippen molar-refractivity contribution in [2.24, 2.45) is 5.10 Å². The van der Waals surface area contributed by atoms with Crippen LogP contribution in [0.3, 0.4) is 0 Å². The molecule has 0 radical (unpaired) electrons. The number of carbonyl (C=O) groups is 1. The molecule has 24 heavy (non-hydrogen) atoms. The first kappa shape index (κ1) is 17.8. The van der Waals surface area contributed by atoms with E-state index in [1.807, 2.05) is 19.9 Å². The quantitative estimate of drug-likeness (QED) is 0.631. The minimum Gasteiger partial charge on any atom is -0.507 e. The molecule has 1 amide bonds. The standard InChI is InChI=1S/C19H24N2O3/c1-11(2)14-9-15(12(3)4)18(22)16(10-14)19(23)21-20-13(5)17-7-6-8-24-17/h6-12,22H,1-5H3,(H,21,23). The zero-order valence-corrected chi connectivity index (χ0v) is 14.8. The van der Waals surface area contributed by atoms with Gasteiger partial charge in [0.05, 0.1) is 11.8 Å². The van der Waals surface area contributed by atoms with E-state index in [1.165, 1.54) is 0 Å². The van der Waals surface area contributed by atoms with Gasteiger partial charge in [0.25, 0.3) is 5.91 Å². The highest BCUT2D eigenvalue weighted by Crippen LogP contribution is 2.33. The van der Waals surface area contributed by atoms with Crippen LogP contribution < -0.4 is 5.43 Å². The number of hydrazone groups is 1. The molecule has 1 aromatic heterocycles. The Kier molecular flexibility index (Phi) is 5.44. The summed E-state index contributed by atoms with van der Waals surface area (Å²) in [6.07, 6.45) is 1.54. The number of phenols is 1. The van der Waals surface area contributed by atoms with Crippen molar-refractivity contribution in [3.05, 3.63) is 53.0 Å². The summed E-state index contributed by atoms with van der Waals surface area (Å²) in [6.45, 7) is 9.82. The molecule has 128 valence electrons. The average Bonchev–Trinajstić information content (AvgIpc) is 3.06. The first-order chi connectivity index (χ1) is 11.3. The molecule has 0 unspecified atom stereocenters. The van der Waals surface area contributed by atoms with Crippen LogP contribution in [-0.2, 0) is 0 Å². The Morgan fingerprint density at radius 3 is 2.46 bits per heavy atom. The molecule has 1 heterocycles. The van der Waals surface area contributed by atoms with Crippen LogP contribution in [0.15, 0.2) is 40.0 Å². The van der Waals surface area contributed by atoms with Gasteiger partial charge < -0.3 is 9.52 Å². The molecule has 2 aromatic rings. The largest absolute Gasteiger partial charge is 0.507 e. The number of nitrogens with one attached hydrogen (secondary N) is 1. The molecule has 0 atom stereocenters. The third-order valence-corrected chi connectivity index (χ3v) is 3.90. The lowest BCUT2D eigenvalue weighted by atomic mass is 9.92. The maximum atomic E-state index is 12.5. The molecule has 0 aliphatic carbocycles. The molecule has 0 fully saturated rings. The number of amides is 1. The van der Waals surface area contributed by atoms with Gasteiger partial charge in [0.15, 0.2) is 0 Å². The molecule has 0 aliphatic rings. The van der Waals surface area contributed by atoms with Gasteiger partial charge in [-0.05, 0) is 48.1 Å². The molecule has 2 rings (SSSR count). The van der Waals surface area contributed by atoms with Crippen molar-refractivity contribution in [3.63, 3.8) is 0 Å². The first-order valence-corrected chi connectivity index (χ1v) is 8.06. The number of aromatic hydroxyl groups is 1.